The van der Waals surface area contributed by atoms with Gasteiger partial charge in [0.1, 0.15) is 11.4 Å². The summed E-state index contributed by atoms with van der Waals surface area (Å²) in [6, 6.07) is 4.01. The summed E-state index contributed by atoms with van der Waals surface area (Å²) >= 11 is 3.04. The lowest BCUT2D eigenvalue weighted by Gasteiger charge is -2.17. The second-order valence-corrected chi connectivity index (χ2v) is 7.89. The monoisotopic (exact) mass is 361 g/mol. The standard InChI is InChI=1S/C17H19N3O2S2/c1-10(2)11(3)19-14(21)7-20-9-18-16-15(17(20)22)12(8-24-16)13-5-4-6-23-13/h4-6,8-11H,7H2,1-3H3,(H,19,21)/t11-/m0/s1. The molecule has 24 heavy (non-hydrogen) atoms. The quantitative estimate of drug-likeness (QED) is 0.758. The Kier molecular flexibility index (Phi) is 4.82. The van der Waals surface area contributed by atoms with Crippen LogP contribution in [0, 0.1) is 5.92 Å². The van der Waals surface area contributed by atoms with Crippen LogP contribution in [-0.4, -0.2) is 21.5 Å². The van der Waals surface area contributed by atoms with E-state index in [-0.39, 0.29) is 24.1 Å². The summed E-state index contributed by atoms with van der Waals surface area (Å²) in [6.07, 6.45) is 1.46. The minimum atomic E-state index is -0.174. The van der Waals surface area contributed by atoms with Crippen LogP contribution in [0.2, 0.25) is 0 Å². The Morgan fingerprint density at radius 1 is 1.33 bits per heavy atom. The fourth-order valence-corrected chi connectivity index (χ4v) is 4.04. The van der Waals surface area contributed by atoms with Gasteiger partial charge in [0.2, 0.25) is 5.91 Å². The minimum Gasteiger partial charge on any atom is -0.352 e. The van der Waals surface area contributed by atoms with Gasteiger partial charge in [-0.3, -0.25) is 14.2 Å². The van der Waals surface area contributed by atoms with Crippen LogP contribution in [0.25, 0.3) is 20.7 Å². The molecule has 0 aliphatic heterocycles. The molecule has 0 aliphatic rings. The van der Waals surface area contributed by atoms with E-state index in [2.05, 4.69) is 10.3 Å². The molecule has 0 saturated heterocycles. The maximum absolute atomic E-state index is 12.8. The molecule has 0 aliphatic carbocycles. The smallest absolute Gasteiger partial charge is 0.263 e. The van der Waals surface area contributed by atoms with E-state index in [0.29, 0.717) is 16.1 Å². The van der Waals surface area contributed by atoms with Gasteiger partial charge in [0.15, 0.2) is 0 Å². The predicted octanol–water partition coefficient (Wildman–Crippen LogP) is 3.35. The van der Waals surface area contributed by atoms with Crippen molar-refractivity contribution in [3.63, 3.8) is 0 Å². The van der Waals surface area contributed by atoms with Gasteiger partial charge in [-0.2, -0.15) is 0 Å². The molecular weight excluding hydrogens is 342 g/mol. The van der Waals surface area contributed by atoms with Crippen LogP contribution >= 0.6 is 22.7 Å². The molecule has 1 amide bonds. The topological polar surface area (TPSA) is 64.0 Å². The van der Waals surface area contributed by atoms with Crippen LogP contribution in [0.3, 0.4) is 0 Å². The average Bonchev–Trinajstić information content (AvgIpc) is 3.18. The first-order chi connectivity index (χ1) is 11.5. The molecule has 0 unspecified atom stereocenters. The summed E-state index contributed by atoms with van der Waals surface area (Å²) in [6.45, 7) is 6.03. The van der Waals surface area contributed by atoms with E-state index in [1.54, 1.807) is 11.3 Å². The summed E-state index contributed by atoms with van der Waals surface area (Å²) in [5.74, 6) is 0.168. The molecule has 126 valence electrons. The highest BCUT2D eigenvalue weighted by Crippen LogP contribution is 2.33. The van der Waals surface area contributed by atoms with Crippen LogP contribution in [0.15, 0.2) is 34.0 Å². The summed E-state index contributed by atoms with van der Waals surface area (Å²) in [4.78, 5) is 31.1. The third-order valence-electron chi connectivity index (χ3n) is 4.05. The maximum atomic E-state index is 12.8. The molecule has 3 rings (SSSR count). The molecule has 0 saturated carbocycles. The molecule has 3 aromatic rings. The van der Waals surface area contributed by atoms with E-state index in [1.165, 1.54) is 22.2 Å². The Balaban J connectivity index is 1.93. The van der Waals surface area contributed by atoms with Gasteiger partial charge < -0.3 is 5.32 Å². The van der Waals surface area contributed by atoms with Gasteiger partial charge in [-0.05, 0) is 24.3 Å². The molecule has 0 spiro atoms. The average molecular weight is 361 g/mol. The largest absolute Gasteiger partial charge is 0.352 e. The van der Waals surface area contributed by atoms with Crippen molar-refractivity contribution in [2.45, 2.75) is 33.4 Å². The fourth-order valence-electron chi connectivity index (χ4n) is 2.31. The molecule has 7 heteroatoms. The van der Waals surface area contributed by atoms with Crippen molar-refractivity contribution in [1.29, 1.82) is 0 Å². The van der Waals surface area contributed by atoms with Gasteiger partial charge >= 0.3 is 0 Å². The zero-order valence-electron chi connectivity index (χ0n) is 13.8. The summed E-state index contributed by atoms with van der Waals surface area (Å²) in [5.41, 5.74) is 0.727. The summed E-state index contributed by atoms with van der Waals surface area (Å²) in [5, 5.41) is 7.44. The van der Waals surface area contributed by atoms with Gasteiger partial charge in [0.25, 0.3) is 5.56 Å². The highest BCUT2D eigenvalue weighted by atomic mass is 32.1. The van der Waals surface area contributed by atoms with Crippen molar-refractivity contribution < 1.29 is 4.79 Å². The fraction of sp³-hybridized carbons (Fsp3) is 0.353. The van der Waals surface area contributed by atoms with Crippen molar-refractivity contribution in [2.24, 2.45) is 5.92 Å². The third kappa shape index (κ3) is 3.27. The van der Waals surface area contributed by atoms with Crippen molar-refractivity contribution in [3.05, 3.63) is 39.6 Å². The summed E-state index contributed by atoms with van der Waals surface area (Å²) < 4.78 is 1.38. The molecule has 5 nitrogen and oxygen atoms in total. The SMILES string of the molecule is CC(C)[C@H](C)NC(=O)Cn1cnc2scc(-c3cccs3)c2c1=O. The Morgan fingerprint density at radius 3 is 2.79 bits per heavy atom. The molecule has 0 aromatic carbocycles. The molecule has 3 aromatic heterocycles. The number of aromatic nitrogens is 2. The number of nitrogens with zero attached hydrogens (tertiary/aromatic N) is 2. The third-order valence-corrected chi connectivity index (χ3v) is 5.84. The van der Waals surface area contributed by atoms with Gasteiger partial charge in [0, 0.05) is 21.9 Å². The van der Waals surface area contributed by atoms with Crippen LogP contribution in [0.4, 0.5) is 0 Å². The Morgan fingerprint density at radius 2 is 2.12 bits per heavy atom. The zero-order chi connectivity index (χ0) is 17.3. The second kappa shape index (κ2) is 6.86. The lowest BCUT2D eigenvalue weighted by Crippen LogP contribution is -2.39. The van der Waals surface area contributed by atoms with Crippen LogP contribution in [0.5, 0.6) is 0 Å². The first-order valence-corrected chi connectivity index (χ1v) is 9.53. The summed E-state index contributed by atoms with van der Waals surface area (Å²) in [7, 11) is 0. The van der Waals surface area contributed by atoms with Crippen molar-refractivity contribution in [1.82, 2.24) is 14.9 Å². The molecule has 1 N–H and O–H groups in total. The molecule has 0 bridgehead atoms. The molecule has 1 atom stereocenters. The lowest BCUT2D eigenvalue weighted by molar-refractivity contribution is -0.122. The lowest BCUT2D eigenvalue weighted by atomic mass is 10.1. The Bertz CT molecular complexity index is 910. The van der Waals surface area contributed by atoms with Crippen molar-refractivity contribution in [2.75, 3.05) is 0 Å². The minimum absolute atomic E-state index is 0.0153. The number of fused-ring (bicyclic) bond motifs is 1. The van der Waals surface area contributed by atoms with Gasteiger partial charge in [-0.1, -0.05) is 19.9 Å². The highest BCUT2D eigenvalue weighted by molar-refractivity contribution is 7.18. The number of hydrogen-bond acceptors (Lipinski definition) is 5. The number of carbonyl (C=O) groups is 1. The molecular formula is C17H19N3O2S2. The van der Waals surface area contributed by atoms with Crippen LogP contribution in [-0.2, 0) is 11.3 Å². The maximum Gasteiger partial charge on any atom is 0.263 e. The highest BCUT2D eigenvalue weighted by Gasteiger charge is 2.16. The van der Waals surface area contributed by atoms with Crippen molar-refractivity contribution in [3.8, 4) is 10.4 Å². The second-order valence-electron chi connectivity index (χ2n) is 6.08. The Hall–Kier alpha value is -1.99. The first kappa shape index (κ1) is 16.9. The van der Waals surface area contributed by atoms with E-state index in [0.717, 1.165) is 10.4 Å². The molecule has 0 fully saturated rings. The van der Waals surface area contributed by atoms with E-state index < -0.39 is 0 Å². The number of thiophene rings is 2. The van der Waals surface area contributed by atoms with Crippen LogP contribution in [0.1, 0.15) is 20.8 Å². The van der Waals surface area contributed by atoms with Gasteiger partial charge in [0.05, 0.1) is 11.7 Å². The van der Waals surface area contributed by atoms with Crippen LogP contribution < -0.4 is 10.9 Å². The molecule has 0 radical (unpaired) electrons. The zero-order valence-corrected chi connectivity index (χ0v) is 15.4. The van der Waals surface area contributed by atoms with Crippen molar-refractivity contribution >= 4 is 38.8 Å². The normalized spacial score (nSPS) is 12.7. The number of amides is 1. The van der Waals surface area contributed by atoms with E-state index >= 15 is 0 Å². The van der Waals surface area contributed by atoms with E-state index in [1.807, 2.05) is 43.7 Å². The van der Waals surface area contributed by atoms with Gasteiger partial charge in [-0.25, -0.2) is 4.98 Å². The van der Waals surface area contributed by atoms with E-state index in [9.17, 15) is 9.59 Å². The number of rotatable bonds is 5. The molecule has 3 heterocycles. The number of hydrogen-bond donors (Lipinski definition) is 1. The Labute approximate surface area is 148 Å². The van der Waals surface area contributed by atoms with Gasteiger partial charge in [-0.15, -0.1) is 22.7 Å². The number of nitrogens with one attached hydrogen (secondary N) is 1. The first-order valence-electron chi connectivity index (χ1n) is 7.77. The number of carbonyl (C=O) groups excluding carboxylic acids is 1. The predicted molar refractivity (Wildman–Crippen MR) is 99.6 cm³/mol. The van der Waals surface area contributed by atoms with E-state index in [4.69, 9.17) is 0 Å².